The van der Waals surface area contributed by atoms with E-state index in [4.69, 9.17) is 4.74 Å². The summed E-state index contributed by atoms with van der Waals surface area (Å²) in [5.74, 6) is 0.263. The van der Waals surface area contributed by atoms with Crippen molar-refractivity contribution in [1.82, 2.24) is 15.2 Å². The molecule has 1 saturated heterocycles. The van der Waals surface area contributed by atoms with Crippen molar-refractivity contribution in [2.24, 2.45) is 0 Å². The number of nitrogens with one attached hydrogen (secondary N) is 2. The van der Waals surface area contributed by atoms with Gasteiger partial charge in [-0.05, 0) is 56.4 Å². The van der Waals surface area contributed by atoms with Crippen molar-refractivity contribution in [2.75, 3.05) is 0 Å². The highest BCUT2D eigenvalue weighted by Crippen LogP contribution is 2.30. The van der Waals surface area contributed by atoms with Gasteiger partial charge < -0.3 is 14.6 Å². The number of hydrogen-bond donors (Lipinski definition) is 2. The summed E-state index contributed by atoms with van der Waals surface area (Å²) in [5.41, 5.74) is -0.372. The molecule has 1 aliphatic heterocycles. The fourth-order valence-electron chi connectivity index (χ4n) is 3.95. The highest BCUT2D eigenvalue weighted by Gasteiger charge is 2.48. The molecule has 1 aromatic heterocycles. The molecule has 1 aromatic carbocycles. The lowest BCUT2D eigenvalue weighted by atomic mass is 9.89. The van der Waals surface area contributed by atoms with Gasteiger partial charge in [0.05, 0.1) is 12.6 Å². The summed E-state index contributed by atoms with van der Waals surface area (Å²) in [7, 11) is 0. The fourth-order valence-corrected chi connectivity index (χ4v) is 3.95. The van der Waals surface area contributed by atoms with Gasteiger partial charge >= 0.3 is 6.03 Å². The topological polar surface area (TPSA) is 89.4 Å². The highest BCUT2D eigenvalue weighted by molar-refractivity contribution is 6.07. The number of benzene rings is 1. The number of ether oxygens (including phenoxy) is 1. The first-order valence-electron chi connectivity index (χ1n) is 9.55. The predicted molar refractivity (Wildman–Crippen MR) is 103 cm³/mol. The zero-order valence-corrected chi connectivity index (χ0v) is 15.7. The number of imide groups is 1. The van der Waals surface area contributed by atoms with Gasteiger partial charge in [-0.1, -0.05) is 18.2 Å². The second-order valence-corrected chi connectivity index (χ2v) is 7.49. The molecular formula is C21H23N3O4. The maximum atomic E-state index is 12.7. The van der Waals surface area contributed by atoms with Crippen molar-refractivity contribution in [1.29, 1.82) is 0 Å². The summed E-state index contributed by atoms with van der Waals surface area (Å²) in [4.78, 5) is 37.1. The molecule has 0 radical (unpaired) electrons. The molecule has 2 heterocycles. The van der Waals surface area contributed by atoms with Gasteiger partial charge in [0.2, 0.25) is 0 Å². The molecule has 1 saturated carbocycles. The summed E-state index contributed by atoms with van der Waals surface area (Å²) in [6.45, 7) is 1.72. The molecule has 0 bridgehead atoms. The minimum Gasteiger partial charge on any atom is -0.490 e. The number of rotatable bonds is 5. The van der Waals surface area contributed by atoms with Crippen LogP contribution in [0.15, 0.2) is 47.4 Å². The largest absolute Gasteiger partial charge is 0.490 e. The summed E-state index contributed by atoms with van der Waals surface area (Å²) in [6.07, 6.45) is 6.33. The fraction of sp³-hybridized carbons (Fsp3) is 0.381. The maximum absolute atomic E-state index is 12.7. The average molecular weight is 381 g/mol. The third-order valence-electron chi connectivity index (χ3n) is 5.51. The van der Waals surface area contributed by atoms with Crippen molar-refractivity contribution < 1.29 is 14.3 Å². The van der Waals surface area contributed by atoms with Crippen molar-refractivity contribution in [2.45, 2.75) is 50.8 Å². The Kier molecular flexibility index (Phi) is 4.66. The number of urea groups is 1. The van der Waals surface area contributed by atoms with Gasteiger partial charge in [0.25, 0.3) is 11.5 Å². The first-order chi connectivity index (χ1) is 13.5. The molecule has 1 unspecified atom stereocenters. The minimum absolute atomic E-state index is 0.00785. The van der Waals surface area contributed by atoms with E-state index in [1.54, 1.807) is 37.4 Å². The van der Waals surface area contributed by atoms with Crippen molar-refractivity contribution in [3.05, 3.63) is 64.1 Å². The Morgan fingerprint density at radius 1 is 1.11 bits per heavy atom. The van der Waals surface area contributed by atoms with Crippen molar-refractivity contribution in [3.8, 4) is 5.75 Å². The van der Waals surface area contributed by atoms with E-state index in [0.717, 1.165) is 18.6 Å². The Bertz CT molecular complexity index is 960. The van der Waals surface area contributed by atoms with Crippen LogP contribution in [0.3, 0.4) is 0 Å². The molecule has 3 amide bonds. The van der Waals surface area contributed by atoms with Crippen molar-refractivity contribution in [3.63, 3.8) is 0 Å². The zero-order valence-electron chi connectivity index (χ0n) is 15.7. The van der Waals surface area contributed by atoms with E-state index in [2.05, 4.69) is 10.6 Å². The molecule has 0 spiro atoms. The van der Waals surface area contributed by atoms with Gasteiger partial charge in [0.1, 0.15) is 5.75 Å². The lowest BCUT2D eigenvalue weighted by molar-refractivity contribution is -0.124. The van der Waals surface area contributed by atoms with Crippen LogP contribution in [0.5, 0.6) is 5.75 Å². The van der Waals surface area contributed by atoms with E-state index in [-0.39, 0.29) is 18.2 Å². The van der Waals surface area contributed by atoms with E-state index in [1.165, 1.54) is 17.4 Å². The molecule has 1 atom stereocenters. The number of carbonyl (C=O) groups is 2. The summed E-state index contributed by atoms with van der Waals surface area (Å²) in [5, 5.41) is 5.02. The van der Waals surface area contributed by atoms with E-state index < -0.39 is 17.5 Å². The molecule has 2 fully saturated rings. The Morgan fingerprint density at radius 3 is 2.46 bits per heavy atom. The van der Waals surface area contributed by atoms with E-state index >= 15 is 0 Å². The molecule has 7 heteroatoms. The molecule has 7 nitrogen and oxygen atoms in total. The van der Waals surface area contributed by atoms with Crippen LogP contribution in [0.1, 0.15) is 36.8 Å². The quantitative estimate of drug-likeness (QED) is 0.777. The molecule has 2 N–H and O–H groups in total. The van der Waals surface area contributed by atoms with Gasteiger partial charge in [-0.3, -0.25) is 14.9 Å². The van der Waals surface area contributed by atoms with E-state index in [9.17, 15) is 14.4 Å². The van der Waals surface area contributed by atoms with Crippen LogP contribution < -0.4 is 20.9 Å². The van der Waals surface area contributed by atoms with Crippen LogP contribution in [0.4, 0.5) is 4.79 Å². The minimum atomic E-state index is -1.35. The number of hydrogen-bond acceptors (Lipinski definition) is 4. The molecule has 28 heavy (non-hydrogen) atoms. The average Bonchev–Trinajstić information content (AvgIpc) is 3.28. The molecule has 4 rings (SSSR count). The number of aromatic nitrogens is 1. The molecular weight excluding hydrogens is 358 g/mol. The number of nitrogens with zero attached hydrogens (tertiary/aromatic N) is 1. The molecule has 2 aliphatic rings. The van der Waals surface area contributed by atoms with Gasteiger partial charge in [-0.2, -0.15) is 0 Å². The number of aryl methyl sites for hydroxylation is 1. The smallest absolute Gasteiger partial charge is 0.322 e. The monoisotopic (exact) mass is 381 g/mol. The Morgan fingerprint density at radius 2 is 1.82 bits per heavy atom. The van der Waals surface area contributed by atoms with Crippen LogP contribution in [0.25, 0.3) is 0 Å². The lowest BCUT2D eigenvalue weighted by Gasteiger charge is -2.27. The number of amides is 3. The second-order valence-electron chi connectivity index (χ2n) is 7.49. The van der Waals surface area contributed by atoms with E-state index in [0.29, 0.717) is 11.1 Å². The van der Waals surface area contributed by atoms with Gasteiger partial charge in [-0.15, -0.1) is 0 Å². The van der Waals surface area contributed by atoms with E-state index in [1.807, 2.05) is 12.1 Å². The highest BCUT2D eigenvalue weighted by atomic mass is 16.5. The third kappa shape index (κ3) is 3.28. The number of pyridine rings is 1. The van der Waals surface area contributed by atoms with Gasteiger partial charge in [-0.25, -0.2) is 4.79 Å². The standard InChI is InChI=1S/C21H23N3O4/c1-14-5-4-12-24(18(14)25)13-21(19(26)22-20(27)23-21)15-8-10-17(11-9-15)28-16-6-2-3-7-16/h4-5,8-12,16H,2-3,6-7,13H2,1H3,(H2,22,23,26,27). The van der Waals surface area contributed by atoms with Gasteiger partial charge in [0, 0.05) is 11.8 Å². The van der Waals surface area contributed by atoms with Crippen LogP contribution in [0, 0.1) is 6.92 Å². The molecule has 2 aromatic rings. The van der Waals surface area contributed by atoms with Crippen molar-refractivity contribution >= 4 is 11.9 Å². The SMILES string of the molecule is Cc1cccn(CC2(c3ccc(OC4CCCC4)cc3)NC(=O)NC2=O)c1=O. The first-order valence-corrected chi connectivity index (χ1v) is 9.55. The Balaban J connectivity index is 1.66. The van der Waals surface area contributed by atoms with Crippen LogP contribution in [0.2, 0.25) is 0 Å². The van der Waals surface area contributed by atoms with Crippen LogP contribution >= 0.6 is 0 Å². The Labute approximate surface area is 162 Å². The van der Waals surface area contributed by atoms with Gasteiger partial charge in [0.15, 0.2) is 5.54 Å². The first kappa shape index (κ1) is 18.3. The lowest BCUT2D eigenvalue weighted by Crippen LogP contribution is -2.49. The predicted octanol–water partition coefficient (Wildman–Crippen LogP) is 2.21. The molecule has 1 aliphatic carbocycles. The Hall–Kier alpha value is -3.09. The second kappa shape index (κ2) is 7.14. The summed E-state index contributed by atoms with van der Waals surface area (Å²) < 4.78 is 7.43. The summed E-state index contributed by atoms with van der Waals surface area (Å²) >= 11 is 0. The zero-order chi connectivity index (χ0) is 19.7. The van der Waals surface area contributed by atoms with Crippen LogP contribution in [-0.4, -0.2) is 22.6 Å². The summed E-state index contributed by atoms with van der Waals surface area (Å²) in [6, 6.07) is 10.1. The third-order valence-corrected chi connectivity index (χ3v) is 5.51. The maximum Gasteiger partial charge on any atom is 0.322 e. The normalized spacial score (nSPS) is 22.2. The van der Waals surface area contributed by atoms with Crippen LogP contribution in [-0.2, 0) is 16.9 Å². The molecule has 146 valence electrons. The number of carbonyl (C=O) groups excluding carboxylic acids is 2.